The number of methoxy groups -OCH3 is 1. The van der Waals surface area contributed by atoms with Gasteiger partial charge in [0.15, 0.2) is 1.41 Å². The van der Waals surface area contributed by atoms with E-state index in [2.05, 4.69) is 19.0 Å². The zero-order chi connectivity index (χ0) is 12.4. The molecule has 0 aliphatic carbocycles. The summed E-state index contributed by atoms with van der Waals surface area (Å²) >= 11 is 0. The molecule has 1 N–H and O–H groups in total. The lowest BCUT2D eigenvalue weighted by atomic mass is 10.1. The molecule has 1 heterocycles. The van der Waals surface area contributed by atoms with Crippen molar-refractivity contribution in [2.24, 2.45) is 0 Å². The molecular weight excluding hydrogens is 200 g/mol. The third-order valence-electron chi connectivity index (χ3n) is 2.74. The maximum Gasteiger partial charge on any atom is 0.166 e. The molecular formula is C13H18N2O. The summed E-state index contributed by atoms with van der Waals surface area (Å²) in [7, 11) is 5.78. The number of nitrogens with zero attached hydrogens (tertiary/aromatic N) is 1. The Morgan fingerprint density at radius 1 is 1.44 bits per heavy atom. The summed E-state index contributed by atoms with van der Waals surface area (Å²) in [6, 6.07) is 5.83. The van der Waals surface area contributed by atoms with Crippen molar-refractivity contribution in [2.75, 3.05) is 27.7 Å². The van der Waals surface area contributed by atoms with Crippen LogP contribution in [0.15, 0.2) is 24.4 Å². The molecule has 1 aromatic heterocycles. The van der Waals surface area contributed by atoms with Crippen LogP contribution in [0.25, 0.3) is 10.9 Å². The van der Waals surface area contributed by atoms with E-state index in [0.29, 0.717) is 0 Å². The van der Waals surface area contributed by atoms with Gasteiger partial charge in [0.05, 0.1) is 7.11 Å². The molecule has 2 rings (SSSR count). The van der Waals surface area contributed by atoms with Crippen molar-refractivity contribution in [2.45, 2.75) is 6.42 Å². The van der Waals surface area contributed by atoms with Gasteiger partial charge in [0.2, 0.25) is 0 Å². The highest BCUT2D eigenvalue weighted by atomic mass is 16.5. The highest BCUT2D eigenvalue weighted by Crippen LogP contribution is 2.23. The van der Waals surface area contributed by atoms with Gasteiger partial charge in [-0.3, -0.25) is 0 Å². The molecule has 0 spiro atoms. The molecule has 0 fully saturated rings. The summed E-state index contributed by atoms with van der Waals surface area (Å²) in [5, 5.41) is 1.11. The fourth-order valence-electron chi connectivity index (χ4n) is 1.77. The molecule has 0 saturated heterocycles. The molecule has 0 bridgehead atoms. The fraction of sp³-hybridized carbons (Fsp3) is 0.385. The van der Waals surface area contributed by atoms with Crippen LogP contribution in [0.3, 0.4) is 0 Å². The second-order valence-corrected chi connectivity index (χ2v) is 4.22. The molecule has 0 atom stereocenters. The molecule has 0 radical (unpaired) electrons. The smallest absolute Gasteiger partial charge is 0.166 e. The summed E-state index contributed by atoms with van der Waals surface area (Å²) in [6.45, 7) is 0.982. The third kappa shape index (κ3) is 2.19. The second-order valence-electron chi connectivity index (χ2n) is 4.22. The quantitative estimate of drug-likeness (QED) is 0.854. The number of hydrogen-bond donors (Lipinski definition) is 1. The Kier molecular flexibility index (Phi) is 2.78. The van der Waals surface area contributed by atoms with Crippen LogP contribution < -0.4 is 4.74 Å². The molecule has 0 unspecified atom stereocenters. The van der Waals surface area contributed by atoms with E-state index < -0.39 is 0 Å². The number of aromatic amines is 1. The van der Waals surface area contributed by atoms with Crippen LogP contribution in [0, 0.1) is 0 Å². The minimum absolute atomic E-state index is 0.842. The highest BCUT2D eigenvalue weighted by Gasteiger charge is 2.05. The van der Waals surface area contributed by atoms with E-state index in [4.69, 9.17) is 6.15 Å². The molecule has 0 saturated carbocycles. The maximum absolute atomic E-state index is 7.86. The van der Waals surface area contributed by atoms with E-state index in [0.717, 1.165) is 29.6 Å². The Hall–Kier alpha value is -1.48. The molecule has 0 amide bonds. The lowest BCUT2D eigenvalue weighted by Gasteiger charge is -2.08. The van der Waals surface area contributed by atoms with Crippen LogP contribution in [0.4, 0.5) is 0 Å². The van der Waals surface area contributed by atoms with Gasteiger partial charge in [-0.05, 0) is 44.3 Å². The van der Waals surface area contributed by atoms with Crippen molar-refractivity contribution >= 4 is 10.9 Å². The van der Waals surface area contributed by atoms with Gasteiger partial charge in [0.1, 0.15) is 5.75 Å². The summed E-state index contributed by atoms with van der Waals surface area (Å²) in [5.41, 5.74) is 2.13. The third-order valence-corrected chi connectivity index (χ3v) is 2.74. The molecule has 0 aliphatic heterocycles. The Labute approximate surface area is 97.5 Å². The first-order valence-corrected chi connectivity index (χ1v) is 5.44. The van der Waals surface area contributed by atoms with Crippen LogP contribution in [-0.2, 0) is 6.42 Å². The molecule has 0 aliphatic rings. The Bertz CT molecular complexity index is 519. The number of H-pyrrole nitrogens is 1. The van der Waals surface area contributed by atoms with E-state index in [1.807, 2.05) is 24.4 Å². The molecule has 3 heteroatoms. The SMILES string of the molecule is [2H]n1cc(CCN(C)C)c2cc(OC)ccc21. The van der Waals surface area contributed by atoms with Crippen LogP contribution in [0.2, 0.25) is 1.41 Å². The number of likely N-dealkylation sites (N-methyl/N-ethyl adjacent to an activating group) is 1. The second kappa shape index (κ2) is 4.58. The van der Waals surface area contributed by atoms with Crippen molar-refractivity contribution in [3.05, 3.63) is 30.0 Å². The van der Waals surface area contributed by atoms with Gasteiger partial charge in [0.25, 0.3) is 0 Å². The Balaban J connectivity index is 2.40. The van der Waals surface area contributed by atoms with Gasteiger partial charge in [-0.25, -0.2) is 0 Å². The number of hydrogen-bond acceptors (Lipinski definition) is 2. The number of benzene rings is 1. The van der Waals surface area contributed by atoms with E-state index in [1.54, 1.807) is 7.11 Å². The number of fused-ring (bicyclic) bond motifs is 1. The summed E-state index contributed by atoms with van der Waals surface area (Å²) in [6.07, 6.45) is 2.83. The van der Waals surface area contributed by atoms with Crippen molar-refractivity contribution in [1.82, 2.24) is 9.88 Å². The minimum Gasteiger partial charge on any atom is -0.497 e. The first kappa shape index (κ1) is 9.73. The lowest BCUT2D eigenvalue weighted by molar-refractivity contribution is 0.413. The van der Waals surface area contributed by atoms with E-state index in [-0.39, 0.29) is 0 Å². The van der Waals surface area contributed by atoms with Crippen molar-refractivity contribution in [1.29, 1.82) is 0 Å². The average Bonchev–Trinajstić information content (AvgIpc) is 2.63. The number of aromatic nitrogens is 1. The largest absolute Gasteiger partial charge is 0.497 e. The van der Waals surface area contributed by atoms with Crippen LogP contribution in [0.1, 0.15) is 5.56 Å². The number of nitrogens with one attached hydrogen (secondary N) is 1. The van der Waals surface area contributed by atoms with Crippen molar-refractivity contribution < 1.29 is 6.15 Å². The van der Waals surface area contributed by atoms with Gasteiger partial charge in [-0.2, -0.15) is 0 Å². The van der Waals surface area contributed by atoms with E-state index in [1.165, 1.54) is 10.5 Å². The first-order valence-electron chi connectivity index (χ1n) is 5.88. The molecule has 3 nitrogen and oxygen atoms in total. The van der Waals surface area contributed by atoms with Crippen LogP contribution in [-0.4, -0.2) is 37.6 Å². The van der Waals surface area contributed by atoms with Gasteiger partial charge in [-0.15, -0.1) is 0 Å². The normalized spacial score (nSPS) is 12.1. The fourth-order valence-corrected chi connectivity index (χ4v) is 1.77. The monoisotopic (exact) mass is 219 g/mol. The lowest BCUT2D eigenvalue weighted by Crippen LogP contribution is -2.14. The van der Waals surface area contributed by atoms with Gasteiger partial charge in [0, 0.05) is 23.6 Å². The predicted molar refractivity (Wildman–Crippen MR) is 67.1 cm³/mol. The van der Waals surface area contributed by atoms with Crippen LogP contribution in [0.5, 0.6) is 5.75 Å². The first-order chi connectivity index (χ1) is 8.11. The molecule has 2 aromatic rings. The zero-order valence-corrected chi connectivity index (χ0v) is 10.0. The van der Waals surface area contributed by atoms with E-state index in [9.17, 15) is 0 Å². The number of ether oxygens (including phenoxy) is 1. The zero-order valence-electron chi connectivity index (χ0n) is 11.0. The maximum atomic E-state index is 7.86. The van der Waals surface area contributed by atoms with Gasteiger partial charge >= 0.3 is 0 Å². The van der Waals surface area contributed by atoms with Gasteiger partial charge in [-0.1, -0.05) is 0 Å². The summed E-state index contributed by atoms with van der Waals surface area (Å²) in [5.74, 6) is 0.842. The molecule has 86 valence electrons. The predicted octanol–water partition coefficient (Wildman–Crippen LogP) is 2.28. The number of rotatable bonds is 4. The molecule has 16 heavy (non-hydrogen) atoms. The Morgan fingerprint density at radius 3 is 2.94 bits per heavy atom. The molecule has 1 aromatic carbocycles. The standard InChI is InChI=1S/C13H18N2O/c1-15(2)7-6-10-9-14-13-5-4-11(16-3)8-12(10)13/h4-5,8-9,14H,6-7H2,1-3H3/i/hD. The van der Waals surface area contributed by atoms with Gasteiger partial charge < -0.3 is 14.6 Å². The topological polar surface area (TPSA) is 28.3 Å². The summed E-state index contributed by atoms with van der Waals surface area (Å²) in [4.78, 5) is 3.58. The van der Waals surface area contributed by atoms with Crippen molar-refractivity contribution in [3.63, 3.8) is 0 Å². The minimum atomic E-state index is 0.842. The average molecular weight is 219 g/mol. The van der Waals surface area contributed by atoms with E-state index >= 15 is 0 Å². The van der Waals surface area contributed by atoms with Crippen molar-refractivity contribution in [3.8, 4) is 5.75 Å². The highest BCUT2D eigenvalue weighted by molar-refractivity contribution is 5.84. The Morgan fingerprint density at radius 2 is 2.25 bits per heavy atom. The van der Waals surface area contributed by atoms with Crippen LogP contribution >= 0.6 is 0 Å². The summed E-state index contributed by atoms with van der Waals surface area (Å²) < 4.78 is 13.1.